The average Bonchev–Trinajstić information content (AvgIpc) is 2.70. The van der Waals surface area contributed by atoms with Crippen molar-refractivity contribution in [1.82, 2.24) is 4.90 Å². The van der Waals surface area contributed by atoms with E-state index in [0.29, 0.717) is 12.8 Å². The Morgan fingerprint density at radius 1 is 0.727 bits per heavy atom. The smallest absolute Gasteiger partial charge is 0.325 e. The van der Waals surface area contributed by atoms with E-state index in [1.807, 2.05) is 0 Å². The number of carboxylic acid groups (broad SMARTS) is 2. The van der Waals surface area contributed by atoms with Gasteiger partial charge in [0, 0.05) is 23.9 Å². The lowest BCUT2D eigenvalue weighted by molar-refractivity contribution is -0.336. The molecule has 0 aromatic heterocycles. The highest BCUT2D eigenvalue weighted by Crippen LogP contribution is 2.48. The molecule has 7 nitrogen and oxygen atoms in total. The summed E-state index contributed by atoms with van der Waals surface area (Å²) in [6, 6.07) is 0. The first-order valence-electron chi connectivity index (χ1n) is 12.9. The van der Waals surface area contributed by atoms with Gasteiger partial charge < -0.3 is 19.7 Å². The molecule has 2 N–H and O–H groups in total. The summed E-state index contributed by atoms with van der Waals surface area (Å²) >= 11 is 0. The first-order chi connectivity index (χ1) is 15.4. The van der Waals surface area contributed by atoms with Gasteiger partial charge in [0.2, 0.25) is 5.41 Å². The van der Waals surface area contributed by atoms with Crippen LogP contribution in [0.1, 0.15) is 112 Å². The molecule has 0 unspecified atom stereocenters. The number of nitrogens with zero attached hydrogens (tertiary/aromatic N) is 1. The molecule has 2 saturated heterocycles. The highest BCUT2D eigenvalue weighted by atomic mass is 16.7. The number of rotatable bonds is 13. The molecule has 0 radical (unpaired) electrons. The maximum Gasteiger partial charge on any atom is 0.325 e. The first-order valence-corrected chi connectivity index (χ1v) is 12.9. The van der Waals surface area contributed by atoms with Gasteiger partial charge in [0.15, 0.2) is 5.79 Å². The number of unbranched alkanes of at least 4 members (excludes halogenated alkanes) is 9. The number of aliphatic carboxylic acids is 2. The quantitative estimate of drug-likeness (QED) is 0.273. The van der Waals surface area contributed by atoms with Crippen molar-refractivity contribution in [2.45, 2.75) is 129 Å². The van der Waals surface area contributed by atoms with E-state index in [2.05, 4.69) is 39.5 Å². The van der Waals surface area contributed by atoms with E-state index in [0.717, 1.165) is 13.0 Å². The minimum absolute atomic E-state index is 0.215. The van der Waals surface area contributed by atoms with E-state index in [4.69, 9.17) is 9.47 Å². The molecule has 1 spiro atoms. The zero-order valence-electron chi connectivity index (χ0n) is 21.6. The lowest BCUT2D eigenvalue weighted by Gasteiger charge is -2.60. The predicted molar refractivity (Wildman–Crippen MR) is 128 cm³/mol. The summed E-state index contributed by atoms with van der Waals surface area (Å²) < 4.78 is 11.9. The van der Waals surface area contributed by atoms with Crippen LogP contribution in [0.25, 0.3) is 0 Å². The molecular formula is C26H47NO6. The van der Waals surface area contributed by atoms with Crippen LogP contribution in [0, 0.1) is 5.41 Å². The topological polar surface area (TPSA) is 96.3 Å². The number of ether oxygens (including phenoxy) is 2. The lowest BCUT2D eigenvalue weighted by Crippen LogP contribution is -2.69. The average molecular weight is 470 g/mol. The van der Waals surface area contributed by atoms with Crippen LogP contribution in [0.2, 0.25) is 0 Å². The van der Waals surface area contributed by atoms with E-state index < -0.39 is 23.1 Å². The summed E-state index contributed by atoms with van der Waals surface area (Å²) in [5, 5.41) is 18.9. The molecule has 2 rings (SSSR count). The van der Waals surface area contributed by atoms with Gasteiger partial charge in [0.05, 0.1) is 13.2 Å². The van der Waals surface area contributed by atoms with Crippen molar-refractivity contribution in [2.24, 2.45) is 5.41 Å². The number of piperidine rings is 1. The van der Waals surface area contributed by atoms with E-state index >= 15 is 0 Å². The minimum atomic E-state index is -2.04. The summed E-state index contributed by atoms with van der Waals surface area (Å²) in [6.07, 6.45) is 14.3. The van der Waals surface area contributed by atoms with Gasteiger partial charge in [-0.1, -0.05) is 64.7 Å². The predicted octanol–water partition coefficient (Wildman–Crippen LogP) is 5.46. The molecule has 2 fully saturated rings. The van der Waals surface area contributed by atoms with Crippen molar-refractivity contribution in [3.63, 3.8) is 0 Å². The molecule has 0 bridgehead atoms. The van der Waals surface area contributed by atoms with E-state index in [1.165, 1.54) is 57.8 Å². The lowest BCUT2D eigenvalue weighted by atomic mass is 9.74. The third-order valence-corrected chi connectivity index (χ3v) is 7.58. The van der Waals surface area contributed by atoms with E-state index in [9.17, 15) is 19.8 Å². The fraction of sp³-hybridized carbons (Fsp3) is 0.923. The second kappa shape index (κ2) is 11.5. The molecule has 0 atom stereocenters. The SMILES string of the molecule is CCCCCCCCCCCCN1C(C)(C)CC2(CC1(C)C)OCC(C(=O)O)(C(=O)O)CO2. The molecule has 0 saturated carbocycles. The summed E-state index contributed by atoms with van der Waals surface area (Å²) in [5.74, 6) is -3.78. The van der Waals surface area contributed by atoms with Gasteiger partial charge in [-0.2, -0.15) is 0 Å². The summed E-state index contributed by atoms with van der Waals surface area (Å²) in [6.45, 7) is 11.2. The second-order valence-corrected chi connectivity index (χ2v) is 11.5. The number of likely N-dealkylation sites (tertiary alicyclic amines) is 1. The third kappa shape index (κ3) is 6.92. The normalized spacial score (nSPS) is 23.4. The van der Waals surface area contributed by atoms with E-state index in [-0.39, 0.29) is 24.3 Å². The van der Waals surface area contributed by atoms with Gasteiger partial charge in [-0.3, -0.25) is 14.5 Å². The Bertz CT molecular complexity index is 615. The zero-order valence-corrected chi connectivity index (χ0v) is 21.6. The molecule has 0 amide bonds. The molecular weight excluding hydrogens is 422 g/mol. The molecule has 0 aliphatic carbocycles. The molecule has 2 aliphatic heterocycles. The van der Waals surface area contributed by atoms with Gasteiger partial charge in [-0.15, -0.1) is 0 Å². The van der Waals surface area contributed by atoms with Crippen molar-refractivity contribution >= 4 is 11.9 Å². The Balaban J connectivity index is 1.85. The van der Waals surface area contributed by atoms with Crippen molar-refractivity contribution in [3.8, 4) is 0 Å². The third-order valence-electron chi connectivity index (χ3n) is 7.58. The molecule has 33 heavy (non-hydrogen) atoms. The monoisotopic (exact) mass is 469 g/mol. The summed E-state index contributed by atoms with van der Waals surface area (Å²) in [5.41, 5.74) is -2.46. The number of carboxylic acids is 2. The highest BCUT2D eigenvalue weighted by molar-refractivity contribution is 5.98. The Kier molecular flexibility index (Phi) is 9.78. The Labute approximate surface area is 200 Å². The Morgan fingerprint density at radius 2 is 1.12 bits per heavy atom. The first kappa shape index (κ1) is 28.1. The summed E-state index contributed by atoms with van der Waals surface area (Å²) in [4.78, 5) is 25.8. The Morgan fingerprint density at radius 3 is 1.52 bits per heavy atom. The maximum atomic E-state index is 11.6. The molecule has 0 aromatic carbocycles. The van der Waals surface area contributed by atoms with Crippen LogP contribution in [0.3, 0.4) is 0 Å². The fourth-order valence-corrected chi connectivity index (χ4v) is 5.89. The minimum Gasteiger partial charge on any atom is -0.480 e. The van der Waals surface area contributed by atoms with Gasteiger partial charge in [0.25, 0.3) is 0 Å². The van der Waals surface area contributed by atoms with Gasteiger partial charge in [-0.05, 0) is 40.7 Å². The fourth-order valence-electron chi connectivity index (χ4n) is 5.89. The van der Waals surface area contributed by atoms with Crippen LogP contribution in [0.15, 0.2) is 0 Å². The molecule has 0 aromatic rings. The number of hydrogen-bond acceptors (Lipinski definition) is 5. The molecule has 2 heterocycles. The number of hydrogen-bond donors (Lipinski definition) is 2. The van der Waals surface area contributed by atoms with Crippen molar-refractivity contribution in [1.29, 1.82) is 0 Å². The van der Waals surface area contributed by atoms with Crippen LogP contribution >= 0.6 is 0 Å². The van der Waals surface area contributed by atoms with Crippen LogP contribution in [0.5, 0.6) is 0 Å². The van der Waals surface area contributed by atoms with Crippen LogP contribution < -0.4 is 0 Å². The molecule has 7 heteroatoms. The summed E-state index contributed by atoms with van der Waals surface area (Å²) in [7, 11) is 0. The number of carbonyl (C=O) groups is 2. The van der Waals surface area contributed by atoms with Crippen LogP contribution in [0.4, 0.5) is 0 Å². The largest absolute Gasteiger partial charge is 0.480 e. The van der Waals surface area contributed by atoms with Crippen LogP contribution in [-0.2, 0) is 19.1 Å². The van der Waals surface area contributed by atoms with Gasteiger partial charge in [-0.25, -0.2) is 0 Å². The van der Waals surface area contributed by atoms with Gasteiger partial charge >= 0.3 is 11.9 Å². The second-order valence-electron chi connectivity index (χ2n) is 11.5. The van der Waals surface area contributed by atoms with Gasteiger partial charge in [0.1, 0.15) is 0 Å². The highest BCUT2D eigenvalue weighted by Gasteiger charge is 2.60. The van der Waals surface area contributed by atoms with E-state index in [1.54, 1.807) is 0 Å². The molecule has 192 valence electrons. The standard InChI is InChI=1S/C26H47NO6/c1-6-7-8-9-10-11-12-13-14-15-16-27-23(2,3)17-26(18-24(27,4)5)32-19-25(20-33-26,21(28)29)22(30)31/h6-20H2,1-5H3,(H,28,29)(H,30,31). The molecule has 2 aliphatic rings. The van der Waals surface area contributed by atoms with Crippen molar-refractivity contribution in [3.05, 3.63) is 0 Å². The van der Waals surface area contributed by atoms with Crippen molar-refractivity contribution in [2.75, 3.05) is 19.8 Å². The maximum absolute atomic E-state index is 11.6. The van der Waals surface area contributed by atoms with Crippen molar-refractivity contribution < 1.29 is 29.3 Å². The Hall–Kier alpha value is -1.18. The van der Waals surface area contributed by atoms with Crippen LogP contribution in [-0.4, -0.2) is 63.7 Å². The zero-order chi connectivity index (χ0) is 24.8.